The molecule has 3 aromatic rings. The number of rotatable bonds is 8. The van der Waals surface area contributed by atoms with Crippen molar-refractivity contribution in [2.75, 3.05) is 11.9 Å². The smallest absolute Gasteiger partial charge is 0.270 e. The van der Waals surface area contributed by atoms with Crippen LogP contribution in [0.25, 0.3) is 0 Å². The van der Waals surface area contributed by atoms with Crippen LogP contribution in [0.1, 0.15) is 33.7 Å². The number of hydrogen-bond donors (Lipinski definition) is 2. The Hall–Kier alpha value is -3.28. The molecule has 1 amide bonds. The molecule has 0 aliphatic rings. The summed E-state index contributed by atoms with van der Waals surface area (Å²) in [7, 11) is 0. The maximum absolute atomic E-state index is 13.0. The van der Waals surface area contributed by atoms with Gasteiger partial charge >= 0.3 is 0 Å². The Morgan fingerprint density at radius 2 is 1.75 bits per heavy atom. The summed E-state index contributed by atoms with van der Waals surface area (Å²) < 4.78 is 13.0. The van der Waals surface area contributed by atoms with Gasteiger partial charge < -0.3 is 10.6 Å². The van der Waals surface area contributed by atoms with Crippen molar-refractivity contribution < 1.29 is 9.18 Å². The van der Waals surface area contributed by atoms with E-state index in [-0.39, 0.29) is 11.7 Å². The van der Waals surface area contributed by atoms with Crippen LogP contribution in [0.3, 0.4) is 0 Å². The summed E-state index contributed by atoms with van der Waals surface area (Å²) in [6.07, 6.45) is 1.77. The third-order valence-electron chi connectivity index (χ3n) is 4.22. The Morgan fingerprint density at radius 1 is 1.00 bits per heavy atom. The number of amides is 1. The number of carbonyl (C=O) groups is 1. The summed E-state index contributed by atoms with van der Waals surface area (Å²) in [5.74, 6) is -0.121. The summed E-state index contributed by atoms with van der Waals surface area (Å²) in [6.45, 7) is 2.84. The molecule has 1 aromatic heterocycles. The number of nitrogens with zero attached hydrogens (tertiary/aromatic N) is 2. The fraction of sp³-hybridized carbons (Fsp3) is 0.227. The van der Waals surface area contributed by atoms with Crippen LogP contribution < -0.4 is 10.6 Å². The second-order valence-corrected chi connectivity index (χ2v) is 6.54. The molecule has 0 atom stereocenters. The average Bonchev–Trinajstić information content (AvgIpc) is 2.71. The minimum absolute atomic E-state index is 0.219. The lowest BCUT2D eigenvalue weighted by atomic mass is 10.1. The van der Waals surface area contributed by atoms with Crippen molar-refractivity contribution in [3.05, 3.63) is 89.0 Å². The van der Waals surface area contributed by atoms with Gasteiger partial charge in [-0.3, -0.25) is 4.79 Å². The van der Waals surface area contributed by atoms with E-state index in [2.05, 4.69) is 32.7 Å². The normalized spacial score (nSPS) is 10.5. The highest BCUT2D eigenvalue weighted by atomic mass is 19.1. The van der Waals surface area contributed by atoms with Gasteiger partial charge in [0, 0.05) is 18.8 Å². The first kappa shape index (κ1) is 19.5. The maximum atomic E-state index is 13.0. The first-order chi connectivity index (χ1) is 13.6. The quantitative estimate of drug-likeness (QED) is 0.584. The molecule has 28 heavy (non-hydrogen) atoms. The van der Waals surface area contributed by atoms with Gasteiger partial charge in [-0.25, -0.2) is 14.4 Å². The van der Waals surface area contributed by atoms with E-state index in [1.807, 2.05) is 25.1 Å². The summed E-state index contributed by atoms with van der Waals surface area (Å²) in [5.41, 5.74) is 3.18. The number of anilines is 1. The summed E-state index contributed by atoms with van der Waals surface area (Å²) in [6, 6.07) is 18.0. The molecule has 2 aromatic carbocycles. The lowest BCUT2D eigenvalue weighted by Gasteiger charge is -2.09. The highest BCUT2D eigenvalue weighted by Gasteiger charge is 2.10. The van der Waals surface area contributed by atoms with Gasteiger partial charge in [0.05, 0.1) is 0 Å². The molecule has 0 saturated carbocycles. The fourth-order valence-corrected chi connectivity index (χ4v) is 2.78. The van der Waals surface area contributed by atoms with Gasteiger partial charge in [-0.15, -0.1) is 0 Å². The lowest BCUT2D eigenvalue weighted by Crippen LogP contribution is -2.26. The molecule has 0 aliphatic carbocycles. The van der Waals surface area contributed by atoms with Crippen molar-refractivity contribution in [1.29, 1.82) is 0 Å². The molecule has 2 N–H and O–H groups in total. The molecule has 1 heterocycles. The van der Waals surface area contributed by atoms with Crippen LogP contribution in [-0.4, -0.2) is 22.4 Å². The van der Waals surface area contributed by atoms with Crippen LogP contribution >= 0.6 is 0 Å². The minimum atomic E-state index is -0.276. The second-order valence-electron chi connectivity index (χ2n) is 6.54. The van der Waals surface area contributed by atoms with Gasteiger partial charge in [0.15, 0.2) is 0 Å². The molecule has 5 nitrogen and oxygen atoms in total. The molecule has 3 rings (SSSR count). The molecular weight excluding hydrogens is 355 g/mol. The number of hydrogen-bond acceptors (Lipinski definition) is 4. The van der Waals surface area contributed by atoms with Crippen molar-refractivity contribution >= 4 is 11.9 Å². The van der Waals surface area contributed by atoms with Crippen LogP contribution in [-0.2, 0) is 13.0 Å². The van der Waals surface area contributed by atoms with Gasteiger partial charge in [0.25, 0.3) is 5.91 Å². The second kappa shape index (κ2) is 9.60. The van der Waals surface area contributed by atoms with E-state index in [1.54, 1.807) is 18.2 Å². The third kappa shape index (κ3) is 5.87. The Balaban J connectivity index is 1.52. The Labute approximate surface area is 164 Å². The summed E-state index contributed by atoms with van der Waals surface area (Å²) in [4.78, 5) is 21.0. The highest BCUT2D eigenvalue weighted by Crippen LogP contribution is 2.09. The monoisotopic (exact) mass is 378 g/mol. The van der Waals surface area contributed by atoms with Crippen LogP contribution in [0.5, 0.6) is 0 Å². The van der Waals surface area contributed by atoms with E-state index in [9.17, 15) is 9.18 Å². The topological polar surface area (TPSA) is 66.9 Å². The molecule has 0 unspecified atom stereocenters. The molecule has 144 valence electrons. The molecular formula is C22H23FN4O. The van der Waals surface area contributed by atoms with Crippen LogP contribution in [0, 0.1) is 12.7 Å². The van der Waals surface area contributed by atoms with Gasteiger partial charge in [0.1, 0.15) is 11.5 Å². The molecule has 6 heteroatoms. The van der Waals surface area contributed by atoms with Crippen molar-refractivity contribution in [3.8, 4) is 0 Å². The molecule has 0 saturated heterocycles. The minimum Gasteiger partial charge on any atom is -0.351 e. The van der Waals surface area contributed by atoms with Gasteiger partial charge in [-0.05, 0) is 49.1 Å². The SMILES string of the molecule is Cc1cc(C(=O)NCCCc2ccccc2)nc(NCc2ccc(F)cc2)n1. The predicted octanol–water partition coefficient (Wildman–Crippen LogP) is 3.90. The van der Waals surface area contributed by atoms with E-state index in [1.165, 1.54) is 17.7 Å². The third-order valence-corrected chi connectivity index (χ3v) is 4.22. The number of benzene rings is 2. The van der Waals surface area contributed by atoms with Crippen molar-refractivity contribution in [3.63, 3.8) is 0 Å². The van der Waals surface area contributed by atoms with Crippen LogP contribution in [0.2, 0.25) is 0 Å². The molecule has 0 bridgehead atoms. The number of halogens is 1. The average molecular weight is 378 g/mol. The van der Waals surface area contributed by atoms with E-state index in [0.29, 0.717) is 30.4 Å². The van der Waals surface area contributed by atoms with Crippen molar-refractivity contribution in [2.24, 2.45) is 0 Å². The molecule has 0 aliphatic heterocycles. The number of aromatic nitrogens is 2. The van der Waals surface area contributed by atoms with E-state index in [0.717, 1.165) is 18.4 Å². The highest BCUT2D eigenvalue weighted by molar-refractivity contribution is 5.92. The first-order valence-electron chi connectivity index (χ1n) is 9.26. The summed E-state index contributed by atoms with van der Waals surface area (Å²) >= 11 is 0. The number of carbonyl (C=O) groups excluding carboxylic acids is 1. The number of nitrogens with one attached hydrogen (secondary N) is 2. The van der Waals surface area contributed by atoms with Gasteiger partial charge in [-0.1, -0.05) is 42.5 Å². The lowest BCUT2D eigenvalue weighted by molar-refractivity contribution is 0.0948. The fourth-order valence-electron chi connectivity index (χ4n) is 2.78. The largest absolute Gasteiger partial charge is 0.351 e. The van der Waals surface area contributed by atoms with Crippen LogP contribution in [0.4, 0.5) is 10.3 Å². The molecule has 0 spiro atoms. The Kier molecular flexibility index (Phi) is 6.68. The zero-order valence-electron chi connectivity index (χ0n) is 15.8. The van der Waals surface area contributed by atoms with Crippen molar-refractivity contribution in [2.45, 2.75) is 26.3 Å². The first-order valence-corrected chi connectivity index (χ1v) is 9.26. The number of aryl methyl sites for hydroxylation is 2. The predicted molar refractivity (Wildman–Crippen MR) is 108 cm³/mol. The van der Waals surface area contributed by atoms with Crippen molar-refractivity contribution in [1.82, 2.24) is 15.3 Å². The van der Waals surface area contributed by atoms with Gasteiger partial charge in [0.2, 0.25) is 5.95 Å². The standard InChI is InChI=1S/C22H23FN4O/c1-16-14-20(21(28)24-13-5-8-17-6-3-2-4-7-17)27-22(26-16)25-15-18-9-11-19(23)12-10-18/h2-4,6-7,9-12,14H,5,8,13,15H2,1H3,(H,24,28)(H,25,26,27). The Bertz CT molecular complexity index is 914. The van der Waals surface area contributed by atoms with Gasteiger partial charge in [-0.2, -0.15) is 0 Å². The molecule has 0 radical (unpaired) electrons. The van der Waals surface area contributed by atoms with E-state index >= 15 is 0 Å². The zero-order chi connectivity index (χ0) is 19.8. The zero-order valence-corrected chi connectivity index (χ0v) is 15.8. The molecule has 0 fully saturated rings. The maximum Gasteiger partial charge on any atom is 0.270 e. The van der Waals surface area contributed by atoms with E-state index in [4.69, 9.17) is 0 Å². The Morgan fingerprint density at radius 3 is 2.50 bits per heavy atom. The van der Waals surface area contributed by atoms with Crippen LogP contribution in [0.15, 0.2) is 60.7 Å². The van der Waals surface area contributed by atoms with E-state index < -0.39 is 0 Å². The summed E-state index contributed by atoms with van der Waals surface area (Å²) in [5, 5.41) is 5.99.